The standard InChI is InChI=1S/C3H9N.C3H6O.C2H6/c2*1-2-3-4;1-2/h2-4H2,1H3;3H,2H2,1H3;1-2H3. The van der Waals surface area contributed by atoms with E-state index in [1.54, 1.807) is 0 Å². The van der Waals surface area contributed by atoms with E-state index in [0.717, 1.165) is 19.3 Å². The van der Waals surface area contributed by atoms with Gasteiger partial charge in [0.15, 0.2) is 0 Å². The number of carbonyl (C=O) groups is 1. The Hall–Kier alpha value is -0.370. The Morgan fingerprint density at radius 3 is 1.50 bits per heavy atom. The van der Waals surface area contributed by atoms with Gasteiger partial charge in [-0.1, -0.05) is 27.7 Å². The number of rotatable bonds is 2. The van der Waals surface area contributed by atoms with Gasteiger partial charge in [-0.3, -0.25) is 0 Å². The molecule has 0 radical (unpaired) electrons. The van der Waals surface area contributed by atoms with Gasteiger partial charge in [0, 0.05) is 6.42 Å². The summed E-state index contributed by atoms with van der Waals surface area (Å²) in [6.07, 6.45) is 2.61. The van der Waals surface area contributed by atoms with Gasteiger partial charge in [0.1, 0.15) is 6.29 Å². The molecule has 0 amide bonds. The first-order chi connectivity index (χ1) is 4.83. The highest BCUT2D eigenvalue weighted by Crippen LogP contribution is 1.57. The summed E-state index contributed by atoms with van der Waals surface area (Å²) in [5.41, 5.74) is 5.03. The lowest BCUT2D eigenvalue weighted by Gasteiger charge is -1.70. The summed E-state index contributed by atoms with van der Waals surface area (Å²) in [6.45, 7) is 8.69. The van der Waals surface area contributed by atoms with Crippen LogP contribution in [0.3, 0.4) is 0 Å². The van der Waals surface area contributed by atoms with E-state index in [0.29, 0.717) is 6.42 Å². The van der Waals surface area contributed by atoms with Crippen molar-refractivity contribution in [3.8, 4) is 0 Å². The summed E-state index contributed by atoms with van der Waals surface area (Å²) in [5, 5.41) is 0. The summed E-state index contributed by atoms with van der Waals surface area (Å²) < 4.78 is 0. The van der Waals surface area contributed by atoms with Crippen LogP contribution in [0.2, 0.25) is 0 Å². The van der Waals surface area contributed by atoms with Crippen molar-refractivity contribution in [3.05, 3.63) is 0 Å². The number of hydrogen-bond acceptors (Lipinski definition) is 2. The second kappa shape index (κ2) is 38.1. The van der Waals surface area contributed by atoms with Gasteiger partial charge in [-0.2, -0.15) is 0 Å². The Bertz CT molecular complexity index is 36.2. The fourth-order valence-corrected chi connectivity index (χ4v) is 0. The summed E-state index contributed by atoms with van der Waals surface area (Å²) in [6, 6.07) is 0. The number of hydrogen-bond donors (Lipinski definition) is 1. The third-order valence-corrected chi connectivity index (χ3v) is 0.455. The van der Waals surface area contributed by atoms with Crippen LogP contribution in [-0.2, 0) is 4.79 Å². The Morgan fingerprint density at radius 1 is 1.30 bits per heavy atom. The second-order valence-electron chi connectivity index (χ2n) is 1.36. The first-order valence-electron chi connectivity index (χ1n) is 3.97. The smallest absolute Gasteiger partial charge is 0.119 e. The van der Waals surface area contributed by atoms with Crippen LogP contribution in [-0.4, -0.2) is 12.8 Å². The molecule has 0 aromatic carbocycles. The normalized spacial score (nSPS) is 6.10. The van der Waals surface area contributed by atoms with Crippen molar-refractivity contribution in [1.82, 2.24) is 0 Å². The Kier molecular flexibility index (Phi) is 62.2. The van der Waals surface area contributed by atoms with Gasteiger partial charge in [-0.25, -0.2) is 0 Å². The first-order valence-corrected chi connectivity index (χ1v) is 3.97. The first kappa shape index (κ1) is 16.3. The predicted octanol–water partition coefficient (Wildman–Crippen LogP) is 1.98. The minimum Gasteiger partial charge on any atom is -0.330 e. The largest absolute Gasteiger partial charge is 0.330 e. The minimum atomic E-state index is 0.639. The lowest BCUT2D eigenvalue weighted by molar-refractivity contribution is -0.107. The Balaban J connectivity index is -0.0000000787. The van der Waals surface area contributed by atoms with Gasteiger partial charge >= 0.3 is 0 Å². The van der Waals surface area contributed by atoms with Crippen LogP contribution in [0, 0.1) is 0 Å². The number of carbonyl (C=O) groups excluding carboxylic acids is 1. The van der Waals surface area contributed by atoms with Crippen LogP contribution >= 0.6 is 0 Å². The molecule has 0 aromatic heterocycles. The topological polar surface area (TPSA) is 43.1 Å². The van der Waals surface area contributed by atoms with Crippen molar-refractivity contribution < 1.29 is 4.79 Å². The molecule has 0 spiro atoms. The quantitative estimate of drug-likeness (QED) is 0.607. The Morgan fingerprint density at radius 2 is 1.50 bits per heavy atom. The Labute approximate surface area is 64.8 Å². The molecule has 0 aliphatic carbocycles. The third kappa shape index (κ3) is 126. The molecule has 0 atom stereocenters. The van der Waals surface area contributed by atoms with Crippen LogP contribution in [0.25, 0.3) is 0 Å². The van der Waals surface area contributed by atoms with E-state index >= 15 is 0 Å². The van der Waals surface area contributed by atoms with Crippen LogP contribution in [0.1, 0.15) is 40.5 Å². The third-order valence-electron chi connectivity index (χ3n) is 0.455. The van der Waals surface area contributed by atoms with E-state index < -0.39 is 0 Å². The van der Waals surface area contributed by atoms with Crippen molar-refractivity contribution in [1.29, 1.82) is 0 Å². The number of aldehydes is 1. The van der Waals surface area contributed by atoms with E-state index in [2.05, 4.69) is 6.92 Å². The summed E-state index contributed by atoms with van der Waals surface area (Å²) in [7, 11) is 0. The van der Waals surface area contributed by atoms with Crippen molar-refractivity contribution >= 4 is 6.29 Å². The van der Waals surface area contributed by atoms with Crippen molar-refractivity contribution in [2.24, 2.45) is 5.73 Å². The van der Waals surface area contributed by atoms with Crippen molar-refractivity contribution in [3.63, 3.8) is 0 Å². The summed E-state index contributed by atoms with van der Waals surface area (Å²) in [5.74, 6) is 0. The molecule has 2 nitrogen and oxygen atoms in total. The maximum atomic E-state index is 9.17. The molecular formula is C8H21NO. The lowest BCUT2D eigenvalue weighted by Crippen LogP contribution is -1.93. The molecule has 0 unspecified atom stereocenters. The molecule has 0 heterocycles. The molecular weight excluding hydrogens is 126 g/mol. The van der Waals surface area contributed by atoms with E-state index in [4.69, 9.17) is 5.73 Å². The zero-order valence-electron chi connectivity index (χ0n) is 7.68. The lowest BCUT2D eigenvalue weighted by atomic mass is 10.5. The van der Waals surface area contributed by atoms with Crippen LogP contribution < -0.4 is 5.73 Å². The maximum Gasteiger partial charge on any atom is 0.119 e. The fourth-order valence-electron chi connectivity index (χ4n) is 0. The van der Waals surface area contributed by atoms with Gasteiger partial charge in [0.2, 0.25) is 0 Å². The molecule has 0 aromatic rings. The summed E-state index contributed by atoms with van der Waals surface area (Å²) in [4.78, 5) is 9.17. The minimum absolute atomic E-state index is 0.639. The second-order valence-corrected chi connectivity index (χ2v) is 1.36. The molecule has 0 rings (SSSR count). The highest BCUT2D eigenvalue weighted by atomic mass is 16.1. The SMILES string of the molecule is CC.CCC=O.CCCN. The number of nitrogens with two attached hydrogens (primary N) is 1. The van der Waals surface area contributed by atoms with Crippen LogP contribution in [0.4, 0.5) is 0 Å². The van der Waals surface area contributed by atoms with Crippen LogP contribution in [0.15, 0.2) is 0 Å². The molecule has 2 N–H and O–H groups in total. The van der Waals surface area contributed by atoms with E-state index in [9.17, 15) is 4.79 Å². The van der Waals surface area contributed by atoms with Gasteiger partial charge < -0.3 is 10.5 Å². The zero-order valence-corrected chi connectivity index (χ0v) is 7.68. The molecule has 10 heavy (non-hydrogen) atoms. The van der Waals surface area contributed by atoms with Gasteiger partial charge in [0.25, 0.3) is 0 Å². The maximum absolute atomic E-state index is 9.17. The molecule has 0 bridgehead atoms. The predicted molar refractivity (Wildman–Crippen MR) is 47.0 cm³/mol. The monoisotopic (exact) mass is 147 g/mol. The van der Waals surface area contributed by atoms with Crippen molar-refractivity contribution in [2.45, 2.75) is 40.5 Å². The molecule has 0 fully saturated rings. The van der Waals surface area contributed by atoms with Gasteiger partial charge in [0.05, 0.1) is 0 Å². The highest BCUT2D eigenvalue weighted by Gasteiger charge is 1.55. The molecule has 0 aliphatic heterocycles. The van der Waals surface area contributed by atoms with E-state index in [-0.39, 0.29) is 0 Å². The fraction of sp³-hybridized carbons (Fsp3) is 0.875. The molecule has 64 valence electrons. The molecule has 0 saturated heterocycles. The average Bonchev–Trinajstić information content (AvgIpc) is 2.08. The summed E-state index contributed by atoms with van der Waals surface area (Å²) >= 11 is 0. The molecule has 2 heteroatoms. The zero-order chi connectivity index (χ0) is 8.83. The van der Waals surface area contributed by atoms with E-state index in [1.807, 2.05) is 20.8 Å². The average molecular weight is 147 g/mol. The van der Waals surface area contributed by atoms with E-state index in [1.165, 1.54) is 0 Å². The van der Waals surface area contributed by atoms with Crippen molar-refractivity contribution in [2.75, 3.05) is 6.54 Å². The van der Waals surface area contributed by atoms with Crippen LogP contribution in [0.5, 0.6) is 0 Å². The molecule has 0 saturated carbocycles. The highest BCUT2D eigenvalue weighted by molar-refractivity contribution is 5.48. The van der Waals surface area contributed by atoms with Gasteiger partial charge in [-0.05, 0) is 13.0 Å². The van der Waals surface area contributed by atoms with Gasteiger partial charge in [-0.15, -0.1) is 0 Å². The molecule has 0 aliphatic rings.